The Bertz CT molecular complexity index is 844. The second kappa shape index (κ2) is 15.8. The fourth-order valence-electron chi connectivity index (χ4n) is 7.26. The minimum atomic E-state index is 0.964. The lowest BCUT2D eigenvalue weighted by atomic mass is 9.77. The third-order valence-corrected chi connectivity index (χ3v) is 10.0. The molecule has 2 aliphatic rings. The minimum Gasteiger partial charge on any atom is -0.0654 e. The van der Waals surface area contributed by atoms with Crippen LogP contribution in [0.15, 0.2) is 48.5 Å². The molecule has 0 atom stereocenters. The van der Waals surface area contributed by atoms with Gasteiger partial charge in [-0.25, -0.2) is 0 Å². The molecule has 0 heteroatoms. The van der Waals surface area contributed by atoms with Crippen molar-refractivity contribution >= 4 is 0 Å². The quantitative estimate of drug-likeness (QED) is 0.226. The highest BCUT2D eigenvalue weighted by atomic mass is 14.3. The molecule has 0 heterocycles. The van der Waals surface area contributed by atoms with Crippen molar-refractivity contribution in [1.29, 1.82) is 0 Å². The lowest BCUT2D eigenvalue weighted by Crippen LogP contribution is -2.15. The van der Waals surface area contributed by atoms with E-state index in [9.17, 15) is 0 Å². The number of unbranched alkanes of at least 4 members (excludes halogenated alkanes) is 3. The van der Waals surface area contributed by atoms with E-state index in [0.717, 1.165) is 23.7 Å². The molecule has 0 N–H and O–H groups in total. The maximum absolute atomic E-state index is 2.39. The van der Waals surface area contributed by atoms with Gasteiger partial charge in [-0.1, -0.05) is 159 Å². The summed E-state index contributed by atoms with van der Waals surface area (Å²) >= 11 is 0. The summed E-state index contributed by atoms with van der Waals surface area (Å²) in [5, 5.41) is 0. The van der Waals surface area contributed by atoms with Crippen LogP contribution in [0.3, 0.4) is 0 Å². The monoisotopic (exact) mass is 500 g/mol. The van der Waals surface area contributed by atoms with Crippen molar-refractivity contribution in [1.82, 2.24) is 0 Å². The molecule has 0 radical (unpaired) electrons. The van der Waals surface area contributed by atoms with Gasteiger partial charge in [0, 0.05) is 0 Å². The number of aryl methyl sites for hydroxylation is 2. The average molecular weight is 501 g/mol. The summed E-state index contributed by atoms with van der Waals surface area (Å²) in [5.74, 6) is 3.99. The molecule has 0 unspecified atom stereocenters. The highest BCUT2D eigenvalue weighted by Crippen LogP contribution is 2.35. The molecule has 2 aromatic carbocycles. The van der Waals surface area contributed by atoms with Gasteiger partial charge in [0.2, 0.25) is 0 Å². The van der Waals surface area contributed by atoms with Crippen molar-refractivity contribution in [3.8, 4) is 11.1 Å². The van der Waals surface area contributed by atoms with Crippen LogP contribution in [0.4, 0.5) is 0 Å². The standard InChI is InChI=1S/C37H56/c1-3-5-7-9-31-12-16-33(17-13-31)19-21-35-24-28-37(29-25-35)36-26-22-34(23-27-36)20-18-32-14-10-30(11-15-32)8-6-4-2/h22-33H,3-21H2,1-2H3/t30-,31-,32-,33-. The molecular weight excluding hydrogens is 444 g/mol. The van der Waals surface area contributed by atoms with Crippen LogP contribution in [-0.4, -0.2) is 0 Å². The summed E-state index contributed by atoms with van der Waals surface area (Å²) in [4.78, 5) is 0. The molecule has 0 spiro atoms. The van der Waals surface area contributed by atoms with Crippen molar-refractivity contribution in [3.05, 3.63) is 59.7 Å². The van der Waals surface area contributed by atoms with Gasteiger partial charge in [-0.3, -0.25) is 0 Å². The summed E-state index contributed by atoms with van der Waals surface area (Å²) in [7, 11) is 0. The van der Waals surface area contributed by atoms with E-state index in [-0.39, 0.29) is 0 Å². The lowest BCUT2D eigenvalue weighted by Gasteiger charge is -2.28. The van der Waals surface area contributed by atoms with Gasteiger partial charge in [0.1, 0.15) is 0 Å². The predicted molar refractivity (Wildman–Crippen MR) is 163 cm³/mol. The Morgan fingerprint density at radius 3 is 1.16 bits per heavy atom. The summed E-state index contributed by atoms with van der Waals surface area (Å²) in [5.41, 5.74) is 5.78. The average Bonchev–Trinajstić information content (AvgIpc) is 2.96. The fourth-order valence-corrected chi connectivity index (χ4v) is 7.26. The Morgan fingerprint density at radius 1 is 0.432 bits per heavy atom. The van der Waals surface area contributed by atoms with Crippen molar-refractivity contribution in [2.45, 2.75) is 136 Å². The van der Waals surface area contributed by atoms with Gasteiger partial charge in [0.25, 0.3) is 0 Å². The van der Waals surface area contributed by atoms with Crippen molar-refractivity contribution in [2.24, 2.45) is 23.7 Å². The molecule has 204 valence electrons. The van der Waals surface area contributed by atoms with E-state index in [1.165, 1.54) is 144 Å². The first kappa shape index (κ1) is 28.4. The van der Waals surface area contributed by atoms with Crippen LogP contribution < -0.4 is 0 Å². The molecular formula is C37H56. The maximum atomic E-state index is 2.39. The van der Waals surface area contributed by atoms with Gasteiger partial charge < -0.3 is 0 Å². The van der Waals surface area contributed by atoms with E-state index >= 15 is 0 Å². The SMILES string of the molecule is CCCCC[C@H]1CC[C@H](CCc2ccc(-c3ccc(CC[C@H]4CC[C@H](CCCC)CC4)cc3)cc2)CC1. The molecule has 0 nitrogen and oxygen atoms in total. The smallest absolute Gasteiger partial charge is 0.0184 e. The zero-order valence-corrected chi connectivity index (χ0v) is 24.4. The first-order valence-electron chi connectivity index (χ1n) is 16.4. The Balaban J connectivity index is 1.15. The number of hydrogen-bond donors (Lipinski definition) is 0. The Hall–Kier alpha value is -1.56. The van der Waals surface area contributed by atoms with Gasteiger partial charge >= 0.3 is 0 Å². The third kappa shape index (κ3) is 9.60. The number of benzene rings is 2. The normalized spacial score (nSPS) is 24.3. The Labute approximate surface area is 230 Å². The molecule has 2 fully saturated rings. The van der Waals surface area contributed by atoms with Gasteiger partial charge in [-0.05, 0) is 71.6 Å². The van der Waals surface area contributed by atoms with E-state index in [0.29, 0.717) is 0 Å². The van der Waals surface area contributed by atoms with Crippen LogP contribution in [0.5, 0.6) is 0 Å². The Kier molecular flexibility index (Phi) is 12.1. The molecule has 0 bridgehead atoms. The highest BCUT2D eigenvalue weighted by molar-refractivity contribution is 5.64. The van der Waals surface area contributed by atoms with Crippen LogP contribution in [0.1, 0.15) is 134 Å². The molecule has 2 aliphatic carbocycles. The molecule has 2 saturated carbocycles. The molecule has 0 aromatic heterocycles. The van der Waals surface area contributed by atoms with Crippen LogP contribution in [-0.2, 0) is 12.8 Å². The molecule has 0 amide bonds. The fraction of sp³-hybridized carbons (Fsp3) is 0.676. The minimum absolute atomic E-state index is 0.964. The van der Waals surface area contributed by atoms with E-state index in [2.05, 4.69) is 62.4 Å². The van der Waals surface area contributed by atoms with Crippen LogP contribution in [0.2, 0.25) is 0 Å². The summed E-state index contributed by atoms with van der Waals surface area (Å²) in [6.07, 6.45) is 27.1. The maximum Gasteiger partial charge on any atom is -0.0184 e. The second-order valence-corrected chi connectivity index (χ2v) is 12.9. The molecule has 2 aromatic rings. The number of rotatable bonds is 14. The van der Waals surface area contributed by atoms with E-state index in [1.807, 2.05) is 0 Å². The lowest BCUT2D eigenvalue weighted by molar-refractivity contribution is 0.249. The largest absolute Gasteiger partial charge is 0.0654 e. The van der Waals surface area contributed by atoms with Gasteiger partial charge in [0.05, 0.1) is 0 Å². The van der Waals surface area contributed by atoms with E-state index in [1.54, 1.807) is 0 Å². The van der Waals surface area contributed by atoms with Gasteiger partial charge in [-0.15, -0.1) is 0 Å². The topological polar surface area (TPSA) is 0 Å². The zero-order chi connectivity index (χ0) is 25.7. The van der Waals surface area contributed by atoms with Crippen molar-refractivity contribution in [2.75, 3.05) is 0 Å². The second-order valence-electron chi connectivity index (χ2n) is 12.9. The zero-order valence-electron chi connectivity index (χ0n) is 24.4. The van der Waals surface area contributed by atoms with Gasteiger partial charge in [0.15, 0.2) is 0 Å². The van der Waals surface area contributed by atoms with Gasteiger partial charge in [-0.2, -0.15) is 0 Å². The van der Waals surface area contributed by atoms with E-state index in [4.69, 9.17) is 0 Å². The number of hydrogen-bond acceptors (Lipinski definition) is 0. The summed E-state index contributed by atoms with van der Waals surface area (Å²) in [6.45, 7) is 4.65. The predicted octanol–water partition coefficient (Wildman–Crippen LogP) is 11.6. The van der Waals surface area contributed by atoms with Crippen molar-refractivity contribution in [3.63, 3.8) is 0 Å². The third-order valence-electron chi connectivity index (χ3n) is 10.0. The van der Waals surface area contributed by atoms with E-state index < -0.39 is 0 Å². The molecule has 4 rings (SSSR count). The highest BCUT2D eigenvalue weighted by Gasteiger charge is 2.21. The summed E-state index contributed by atoms with van der Waals surface area (Å²) in [6, 6.07) is 18.9. The molecule has 37 heavy (non-hydrogen) atoms. The first-order valence-corrected chi connectivity index (χ1v) is 16.4. The van der Waals surface area contributed by atoms with Crippen LogP contribution in [0, 0.1) is 23.7 Å². The van der Waals surface area contributed by atoms with Crippen LogP contribution >= 0.6 is 0 Å². The first-order chi connectivity index (χ1) is 18.2. The molecule has 0 saturated heterocycles. The van der Waals surface area contributed by atoms with Crippen LogP contribution in [0.25, 0.3) is 11.1 Å². The Morgan fingerprint density at radius 2 is 0.784 bits per heavy atom. The molecule has 0 aliphatic heterocycles. The summed E-state index contributed by atoms with van der Waals surface area (Å²) < 4.78 is 0. The van der Waals surface area contributed by atoms with Crippen molar-refractivity contribution < 1.29 is 0 Å².